The van der Waals surface area contributed by atoms with Gasteiger partial charge >= 0.3 is 0 Å². The summed E-state index contributed by atoms with van der Waals surface area (Å²) in [5.74, 6) is 0.896. The number of hydrogen-bond acceptors (Lipinski definition) is 2. The molecule has 2 aliphatic heterocycles. The van der Waals surface area contributed by atoms with E-state index in [4.69, 9.17) is 4.74 Å². The lowest BCUT2D eigenvalue weighted by Gasteiger charge is -2.29. The van der Waals surface area contributed by atoms with E-state index in [9.17, 15) is 0 Å². The molecule has 1 fully saturated rings. The van der Waals surface area contributed by atoms with E-state index in [0.717, 1.165) is 5.90 Å². The summed E-state index contributed by atoms with van der Waals surface area (Å²) < 4.78 is 5.62. The predicted octanol–water partition coefficient (Wildman–Crippen LogP) is 2.14. The van der Waals surface area contributed by atoms with Crippen molar-refractivity contribution in [3.8, 4) is 0 Å². The number of hydrogen-bond donors (Lipinski definition) is 0. The Balaban J connectivity index is 2.27. The SMILES string of the molecule is CC1=NC2(C)CCC(CC2)O1. The van der Waals surface area contributed by atoms with E-state index < -0.39 is 0 Å². The molecule has 1 saturated carbocycles. The molecule has 0 spiro atoms. The van der Waals surface area contributed by atoms with Gasteiger partial charge in [0.05, 0.1) is 5.54 Å². The fourth-order valence-electron chi connectivity index (χ4n) is 2.09. The molecular formula is C9H15NO. The molecule has 0 aromatic rings. The minimum absolute atomic E-state index is 0.205. The van der Waals surface area contributed by atoms with Crippen LogP contribution >= 0.6 is 0 Å². The molecule has 2 nitrogen and oxygen atoms in total. The maximum atomic E-state index is 5.62. The number of fused-ring (bicyclic) bond motifs is 3. The molecule has 11 heavy (non-hydrogen) atoms. The van der Waals surface area contributed by atoms with Gasteiger partial charge in [-0.15, -0.1) is 0 Å². The lowest BCUT2D eigenvalue weighted by Crippen LogP contribution is -2.28. The summed E-state index contributed by atoms with van der Waals surface area (Å²) in [6.07, 6.45) is 5.26. The molecule has 62 valence electrons. The smallest absolute Gasteiger partial charge is 0.180 e. The highest BCUT2D eigenvalue weighted by molar-refractivity contribution is 5.74. The fraction of sp³-hybridized carbons (Fsp3) is 0.889. The van der Waals surface area contributed by atoms with Crippen LogP contribution in [0.5, 0.6) is 0 Å². The summed E-state index contributed by atoms with van der Waals surface area (Å²) in [7, 11) is 0. The van der Waals surface area contributed by atoms with Gasteiger partial charge in [-0.1, -0.05) is 0 Å². The monoisotopic (exact) mass is 153 g/mol. The van der Waals surface area contributed by atoms with Gasteiger partial charge in [0.15, 0.2) is 5.90 Å². The van der Waals surface area contributed by atoms with E-state index in [-0.39, 0.29) is 5.54 Å². The molecule has 3 aliphatic rings. The highest BCUT2D eigenvalue weighted by atomic mass is 16.5. The lowest BCUT2D eigenvalue weighted by molar-refractivity contribution is 0.137. The summed E-state index contributed by atoms with van der Waals surface area (Å²) in [5, 5.41) is 0. The second kappa shape index (κ2) is 2.23. The quantitative estimate of drug-likeness (QED) is 0.522. The van der Waals surface area contributed by atoms with Crippen LogP contribution < -0.4 is 0 Å². The number of rotatable bonds is 0. The molecule has 0 N–H and O–H groups in total. The van der Waals surface area contributed by atoms with Crippen LogP contribution in [0.3, 0.4) is 0 Å². The number of nitrogens with zero attached hydrogens (tertiary/aromatic N) is 1. The van der Waals surface area contributed by atoms with Crippen molar-refractivity contribution in [2.75, 3.05) is 0 Å². The van der Waals surface area contributed by atoms with E-state index in [2.05, 4.69) is 11.9 Å². The van der Waals surface area contributed by atoms with Crippen molar-refractivity contribution in [2.45, 2.75) is 51.2 Å². The van der Waals surface area contributed by atoms with Gasteiger partial charge in [0.2, 0.25) is 0 Å². The van der Waals surface area contributed by atoms with E-state index in [1.165, 1.54) is 25.7 Å². The normalized spacial score (nSPS) is 42.7. The zero-order valence-electron chi connectivity index (χ0n) is 7.26. The Morgan fingerprint density at radius 3 is 2.73 bits per heavy atom. The summed E-state index contributed by atoms with van der Waals surface area (Å²) >= 11 is 0. The highest BCUT2D eigenvalue weighted by Gasteiger charge is 2.34. The number of ether oxygens (including phenoxy) is 1. The Morgan fingerprint density at radius 1 is 1.45 bits per heavy atom. The average Bonchev–Trinajstić information content (AvgIpc) is 2.14. The summed E-state index contributed by atoms with van der Waals surface area (Å²) in [6.45, 7) is 4.21. The molecule has 1 aliphatic carbocycles. The van der Waals surface area contributed by atoms with Crippen LogP contribution in [0.2, 0.25) is 0 Å². The molecular weight excluding hydrogens is 138 g/mol. The average molecular weight is 153 g/mol. The third-order valence-electron chi connectivity index (χ3n) is 2.77. The van der Waals surface area contributed by atoms with Gasteiger partial charge in [0, 0.05) is 6.92 Å². The van der Waals surface area contributed by atoms with Crippen LogP contribution in [0, 0.1) is 0 Å². The second-order valence-corrected chi connectivity index (χ2v) is 3.94. The van der Waals surface area contributed by atoms with Gasteiger partial charge in [-0.05, 0) is 32.6 Å². The molecule has 0 radical (unpaired) electrons. The first kappa shape index (κ1) is 7.14. The third-order valence-corrected chi connectivity index (χ3v) is 2.77. The molecule has 0 aromatic carbocycles. The first-order valence-electron chi connectivity index (χ1n) is 4.41. The van der Waals surface area contributed by atoms with Crippen LogP contribution in [0.15, 0.2) is 4.99 Å². The summed E-state index contributed by atoms with van der Waals surface area (Å²) in [5.41, 5.74) is 0.205. The summed E-state index contributed by atoms with van der Waals surface area (Å²) in [4.78, 5) is 4.56. The standard InChI is InChI=1S/C9H15NO/c1-7-10-9(2)5-3-8(11-7)4-6-9/h8H,3-6H2,1-2H3. The molecule has 0 aromatic heterocycles. The minimum atomic E-state index is 0.205. The third kappa shape index (κ3) is 1.26. The van der Waals surface area contributed by atoms with E-state index in [1.54, 1.807) is 0 Å². The Hall–Kier alpha value is -0.530. The first-order valence-corrected chi connectivity index (χ1v) is 4.41. The first-order chi connectivity index (χ1) is 5.18. The van der Waals surface area contributed by atoms with Crippen molar-refractivity contribution < 1.29 is 4.74 Å². The molecule has 2 bridgehead atoms. The highest BCUT2D eigenvalue weighted by Crippen LogP contribution is 2.35. The van der Waals surface area contributed by atoms with Crippen molar-refractivity contribution in [1.82, 2.24) is 0 Å². The molecule has 0 saturated heterocycles. The van der Waals surface area contributed by atoms with Crippen LogP contribution in [0.1, 0.15) is 39.5 Å². The fourth-order valence-corrected chi connectivity index (χ4v) is 2.09. The lowest BCUT2D eigenvalue weighted by atomic mass is 9.83. The van der Waals surface area contributed by atoms with Crippen LogP contribution in [0.4, 0.5) is 0 Å². The Morgan fingerprint density at radius 2 is 2.09 bits per heavy atom. The van der Waals surface area contributed by atoms with Gasteiger partial charge in [-0.2, -0.15) is 0 Å². The van der Waals surface area contributed by atoms with E-state index in [1.807, 2.05) is 6.92 Å². The van der Waals surface area contributed by atoms with Gasteiger partial charge in [-0.25, -0.2) is 4.99 Å². The van der Waals surface area contributed by atoms with Crippen molar-refractivity contribution in [1.29, 1.82) is 0 Å². The molecule has 0 amide bonds. The van der Waals surface area contributed by atoms with Crippen molar-refractivity contribution >= 4 is 5.90 Å². The van der Waals surface area contributed by atoms with E-state index >= 15 is 0 Å². The van der Waals surface area contributed by atoms with Gasteiger partial charge in [0.1, 0.15) is 6.10 Å². The number of aliphatic imine (C=N–C) groups is 1. The maximum absolute atomic E-state index is 5.62. The largest absolute Gasteiger partial charge is 0.478 e. The van der Waals surface area contributed by atoms with Crippen molar-refractivity contribution in [2.24, 2.45) is 4.99 Å². The molecule has 3 rings (SSSR count). The zero-order chi connectivity index (χ0) is 7.90. The van der Waals surface area contributed by atoms with Gasteiger partial charge < -0.3 is 4.74 Å². The molecule has 0 unspecified atom stereocenters. The topological polar surface area (TPSA) is 21.6 Å². The van der Waals surface area contributed by atoms with Crippen molar-refractivity contribution in [3.05, 3.63) is 0 Å². The Bertz CT molecular complexity index is 190. The second-order valence-electron chi connectivity index (χ2n) is 3.94. The molecule has 2 heteroatoms. The van der Waals surface area contributed by atoms with Crippen LogP contribution in [-0.4, -0.2) is 17.5 Å². The van der Waals surface area contributed by atoms with Gasteiger partial charge in [0.25, 0.3) is 0 Å². The van der Waals surface area contributed by atoms with Crippen molar-refractivity contribution in [3.63, 3.8) is 0 Å². The minimum Gasteiger partial charge on any atom is -0.478 e. The molecule has 0 atom stereocenters. The Labute approximate surface area is 67.7 Å². The summed E-state index contributed by atoms with van der Waals surface area (Å²) in [6, 6.07) is 0. The van der Waals surface area contributed by atoms with Crippen LogP contribution in [0.25, 0.3) is 0 Å². The maximum Gasteiger partial charge on any atom is 0.180 e. The predicted molar refractivity (Wildman–Crippen MR) is 44.9 cm³/mol. The van der Waals surface area contributed by atoms with Gasteiger partial charge in [-0.3, -0.25) is 0 Å². The van der Waals surface area contributed by atoms with E-state index in [0.29, 0.717) is 6.10 Å². The zero-order valence-corrected chi connectivity index (χ0v) is 7.26. The molecule has 2 heterocycles. The Kier molecular flexibility index (Phi) is 1.44. The van der Waals surface area contributed by atoms with Crippen LogP contribution in [-0.2, 0) is 4.74 Å².